The van der Waals surface area contributed by atoms with Crippen LogP contribution in [0.15, 0.2) is 46.2 Å². The summed E-state index contributed by atoms with van der Waals surface area (Å²) in [6.45, 7) is 1.59. The molecular formula is C13H13NO4S. The topological polar surface area (TPSA) is 76.4 Å². The first-order valence-corrected chi connectivity index (χ1v) is 7.03. The minimum Gasteiger partial charge on any atom is -0.477 e. The third kappa shape index (κ3) is 2.15. The molecule has 19 heavy (non-hydrogen) atoms. The Morgan fingerprint density at radius 3 is 2.26 bits per heavy atom. The Morgan fingerprint density at radius 1 is 1.21 bits per heavy atom. The van der Waals surface area contributed by atoms with E-state index in [2.05, 4.69) is 0 Å². The zero-order valence-electron chi connectivity index (χ0n) is 10.5. The minimum absolute atomic E-state index is 0.0265. The molecule has 0 unspecified atom stereocenters. The molecule has 0 fully saturated rings. The highest BCUT2D eigenvalue weighted by molar-refractivity contribution is 7.91. The molecule has 0 bridgehead atoms. The Kier molecular flexibility index (Phi) is 3.20. The first kappa shape index (κ1) is 13.4. The number of aromatic carboxylic acids is 1. The lowest BCUT2D eigenvalue weighted by atomic mass is 10.4. The Balaban J connectivity index is 2.66. The van der Waals surface area contributed by atoms with Crippen molar-refractivity contribution < 1.29 is 18.3 Å². The van der Waals surface area contributed by atoms with Crippen LogP contribution in [0, 0.1) is 6.92 Å². The lowest BCUT2D eigenvalue weighted by Crippen LogP contribution is -2.05. The summed E-state index contributed by atoms with van der Waals surface area (Å²) in [4.78, 5) is 11.2. The highest BCUT2D eigenvalue weighted by atomic mass is 32.2. The van der Waals surface area contributed by atoms with Crippen LogP contribution in [0.2, 0.25) is 0 Å². The number of carbonyl (C=O) groups is 1. The predicted molar refractivity (Wildman–Crippen MR) is 69.0 cm³/mol. The zero-order valence-corrected chi connectivity index (χ0v) is 11.3. The number of rotatable bonds is 3. The molecule has 6 heteroatoms. The van der Waals surface area contributed by atoms with Gasteiger partial charge in [-0.05, 0) is 25.1 Å². The molecule has 100 valence electrons. The van der Waals surface area contributed by atoms with Crippen molar-refractivity contribution in [1.29, 1.82) is 0 Å². The summed E-state index contributed by atoms with van der Waals surface area (Å²) in [5.74, 6) is -1.15. The van der Waals surface area contributed by atoms with E-state index >= 15 is 0 Å². The van der Waals surface area contributed by atoms with Crippen LogP contribution >= 0.6 is 0 Å². The molecule has 0 saturated heterocycles. The molecule has 0 saturated carbocycles. The van der Waals surface area contributed by atoms with Crippen LogP contribution in [-0.2, 0) is 16.9 Å². The molecular weight excluding hydrogens is 266 g/mol. The van der Waals surface area contributed by atoms with Gasteiger partial charge >= 0.3 is 5.97 Å². The fraction of sp³-hybridized carbons (Fsp3) is 0.154. The number of hydrogen-bond donors (Lipinski definition) is 1. The minimum atomic E-state index is -3.69. The molecule has 0 aliphatic carbocycles. The number of hydrogen-bond acceptors (Lipinski definition) is 3. The quantitative estimate of drug-likeness (QED) is 0.930. The van der Waals surface area contributed by atoms with Gasteiger partial charge in [0.1, 0.15) is 5.69 Å². The fourth-order valence-corrected chi connectivity index (χ4v) is 3.44. The highest BCUT2D eigenvalue weighted by Crippen LogP contribution is 2.26. The van der Waals surface area contributed by atoms with Crippen molar-refractivity contribution in [1.82, 2.24) is 4.57 Å². The van der Waals surface area contributed by atoms with Gasteiger partial charge in [-0.2, -0.15) is 0 Å². The molecule has 2 aromatic rings. The van der Waals surface area contributed by atoms with E-state index in [0.29, 0.717) is 5.69 Å². The molecule has 1 N–H and O–H groups in total. The monoisotopic (exact) mass is 279 g/mol. The van der Waals surface area contributed by atoms with Crippen LogP contribution in [-0.4, -0.2) is 24.1 Å². The van der Waals surface area contributed by atoms with Crippen LogP contribution in [0.3, 0.4) is 0 Å². The van der Waals surface area contributed by atoms with E-state index in [1.54, 1.807) is 25.1 Å². The standard InChI is InChI=1S/C13H13NO4S/c1-9-12(8-11(13(15)16)14(9)2)19(17,18)10-6-4-3-5-7-10/h3-8H,1-2H3,(H,15,16). The molecule has 0 radical (unpaired) electrons. The van der Waals surface area contributed by atoms with Crippen LogP contribution in [0.1, 0.15) is 16.2 Å². The number of aromatic nitrogens is 1. The lowest BCUT2D eigenvalue weighted by molar-refractivity contribution is 0.0686. The summed E-state index contributed by atoms with van der Waals surface area (Å²) in [7, 11) is -2.16. The molecule has 5 nitrogen and oxygen atoms in total. The fourth-order valence-electron chi connectivity index (χ4n) is 1.88. The molecule has 0 spiro atoms. The van der Waals surface area contributed by atoms with Crippen molar-refractivity contribution in [3.05, 3.63) is 47.8 Å². The van der Waals surface area contributed by atoms with Crippen LogP contribution in [0.5, 0.6) is 0 Å². The number of carboxylic acid groups (broad SMARTS) is 1. The second-order valence-electron chi connectivity index (χ2n) is 4.16. The summed E-state index contributed by atoms with van der Waals surface area (Å²) < 4.78 is 26.2. The van der Waals surface area contributed by atoms with E-state index < -0.39 is 15.8 Å². The lowest BCUT2D eigenvalue weighted by Gasteiger charge is -2.04. The largest absolute Gasteiger partial charge is 0.477 e. The van der Waals surface area contributed by atoms with Crippen molar-refractivity contribution in [3.8, 4) is 0 Å². The van der Waals surface area contributed by atoms with Gasteiger partial charge in [0.05, 0.1) is 9.79 Å². The Bertz CT molecular complexity index is 730. The van der Waals surface area contributed by atoms with Gasteiger partial charge in [0.15, 0.2) is 0 Å². The summed E-state index contributed by atoms with van der Waals surface area (Å²) in [6, 6.07) is 9.15. The van der Waals surface area contributed by atoms with Gasteiger partial charge in [-0.25, -0.2) is 13.2 Å². The maximum atomic E-state index is 12.4. The van der Waals surface area contributed by atoms with E-state index in [1.807, 2.05) is 0 Å². The van der Waals surface area contributed by atoms with Crippen molar-refractivity contribution >= 4 is 15.8 Å². The molecule has 1 aromatic heterocycles. The summed E-state index contributed by atoms with van der Waals surface area (Å²) in [6.07, 6.45) is 0. The third-order valence-corrected chi connectivity index (χ3v) is 4.94. The van der Waals surface area contributed by atoms with E-state index in [1.165, 1.54) is 29.8 Å². The van der Waals surface area contributed by atoms with E-state index in [-0.39, 0.29) is 15.5 Å². The molecule has 1 aromatic carbocycles. The van der Waals surface area contributed by atoms with E-state index in [4.69, 9.17) is 5.11 Å². The Labute approximate surface area is 111 Å². The van der Waals surface area contributed by atoms with Gasteiger partial charge in [-0.15, -0.1) is 0 Å². The number of carboxylic acids is 1. The van der Waals surface area contributed by atoms with Crippen molar-refractivity contribution in [2.75, 3.05) is 0 Å². The van der Waals surface area contributed by atoms with E-state index in [0.717, 1.165) is 0 Å². The summed E-state index contributed by atoms with van der Waals surface area (Å²) >= 11 is 0. The number of sulfone groups is 1. The molecule has 0 aliphatic heterocycles. The zero-order chi connectivity index (χ0) is 14.2. The molecule has 0 aliphatic rings. The first-order valence-electron chi connectivity index (χ1n) is 5.55. The van der Waals surface area contributed by atoms with Crippen LogP contribution in [0.4, 0.5) is 0 Å². The normalized spacial score (nSPS) is 11.5. The van der Waals surface area contributed by atoms with E-state index in [9.17, 15) is 13.2 Å². The molecule has 0 amide bonds. The Morgan fingerprint density at radius 2 is 1.79 bits per heavy atom. The van der Waals surface area contributed by atoms with Gasteiger partial charge in [0, 0.05) is 12.7 Å². The van der Waals surface area contributed by atoms with Crippen LogP contribution in [0.25, 0.3) is 0 Å². The second kappa shape index (κ2) is 4.55. The molecule has 1 heterocycles. The van der Waals surface area contributed by atoms with Gasteiger partial charge in [-0.1, -0.05) is 18.2 Å². The van der Waals surface area contributed by atoms with Crippen molar-refractivity contribution in [2.24, 2.45) is 7.05 Å². The number of nitrogens with zero attached hydrogens (tertiary/aromatic N) is 1. The van der Waals surface area contributed by atoms with Crippen LogP contribution < -0.4 is 0 Å². The predicted octanol–water partition coefficient (Wildman–Crippen LogP) is 1.86. The summed E-state index contributed by atoms with van der Waals surface area (Å²) in [5, 5.41) is 9.02. The maximum absolute atomic E-state index is 12.4. The SMILES string of the molecule is Cc1c(S(=O)(=O)c2ccccc2)cc(C(=O)O)n1C. The van der Waals surface area contributed by atoms with Gasteiger partial charge in [-0.3, -0.25) is 0 Å². The average Bonchev–Trinajstić information content (AvgIpc) is 2.68. The smallest absolute Gasteiger partial charge is 0.352 e. The third-order valence-electron chi connectivity index (χ3n) is 3.05. The second-order valence-corrected chi connectivity index (χ2v) is 6.08. The van der Waals surface area contributed by atoms with Gasteiger partial charge in [0.2, 0.25) is 9.84 Å². The molecule has 2 rings (SSSR count). The van der Waals surface area contributed by atoms with Gasteiger partial charge in [0.25, 0.3) is 0 Å². The summed E-state index contributed by atoms with van der Waals surface area (Å²) in [5.41, 5.74) is 0.355. The average molecular weight is 279 g/mol. The maximum Gasteiger partial charge on any atom is 0.352 e. The first-order chi connectivity index (χ1) is 8.85. The van der Waals surface area contributed by atoms with Gasteiger partial charge < -0.3 is 9.67 Å². The van der Waals surface area contributed by atoms with Crippen molar-refractivity contribution in [3.63, 3.8) is 0 Å². The molecule has 0 atom stereocenters. The Hall–Kier alpha value is -2.08. The van der Waals surface area contributed by atoms with Crippen molar-refractivity contribution in [2.45, 2.75) is 16.7 Å². The number of benzene rings is 1. The highest BCUT2D eigenvalue weighted by Gasteiger charge is 2.25.